The number of carbonyl (C=O) groups is 3. The first-order valence-corrected chi connectivity index (χ1v) is 12.2. The van der Waals surface area contributed by atoms with E-state index in [1.165, 1.54) is 23.1 Å². The highest BCUT2D eigenvalue weighted by molar-refractivity contribution is 7.99. The monoisotopic (exact) mass is 471 g/mol. The van der Waals surface area contributed by atoms with E-state index in [0.717, 1.165) is 5.56 Å². The van der Waals surface area contributed by atoms with Crippen LogP contribution in [0.3, 0.4) is 0 Å². The summed E-state index contributed by atoms with van der Waals surface area (Å²) in [6, 6.07) is 8.15. The third-order valence-corrected chi connectivity index (χ3v) is 7.12. The highest BCUT2D eigenvalue weighted by atomic mass is 32.2. The number of allylic oxidation sites excluding steroid dienone is 2. The van der Waals surface area contributed by atoms with Crippen LogP contribution < -0.4 is 11.1 Å². The van der Waals surface area contributed by atoms with Crippen molar-refractivity contribution in [3.63, 3.8) is 0 Å². The molecule has 7 nitrogen and oxygen atoms in total. The van der Waals surface area contributed by atoms with E-state index in [1.807, 2.05) is 36.4 Å². The lowest BCUT2D eigenvalue weighted by atomic mass is 9.72. The Kier molecular flexibility index (Phi) is 8.00. The lowest BCUT2D eigenvalue weighted by Gasteiger charge is -2.40. The summed E-state index contributed by atoms with van der Waals surface area (Å²) in [6.07, 6.45) is 10.6. The summed E-state index contributed by atoms with van der Waals surface area (Å²) in [4.78, 5) is 42.1. The van der Waals surface area contributed by atoms with Gasteiger partial charge < -0.3 is 16.2 Å². The number of thiazole rings is 1. The predicted molar refractivity (Wildman–Crippen MR) is 126 cm³/mol. The Morgan fingerprint density at radius 2 is 2.03 bits per heavy atom. The molecule has 1 amide bonds. The van der Waals surface area contributed by atoms with Crippen LogP contribution in [0, 0.1) is 5.92 Å². The highest BCUT2D eigenvalue weighted by Gasteiger charge is 2.45. The standard InChI is InChI=1S/C23H25N3O4S2/c1-31-18(13-17(24)22(29)30)21(28)16-9-5-6-10-23(16,15-7-3-2-4-8-15)26-19(27)14-20-25-11-12-32-20/h2-12,16-18H,13-14,24H2,1H3,(H,26,27)(H,29,30). The molecule has 0 aliphatic heterocycles. The van der Waals surface area contributed by atoms with E-state index in [9.17, 15) is 19.5 Å². The van der Waals surface area contributed by atoms with Gasteiger partial charge >= 0.3 is 5.97 Å². The molecule has 0 fully saturated rings. The quantitative estimate of drug-likeness (QED) is 0.487. The number of nitrogens with two attached hydrogens (primary N) is 1. The molecular formula is C23H25N3O4S2. The number of rotatable bonds is 10. The van der Waals surface area contributed by atoms with Gasteiger partial charge in [-0.05, 0) is 18.2 Å². The summed E-state index contributed by atoms with van der Waals surface area (Å²) in [7, 11) is 0. The zero-order valence-corrected chi connectivity index (χ0v) is 19.1. The number of nitrogens with one attached hydrogen (secondary N) is 1. The maximum absolute atomic E-state index is 13.7. The van der Waals surface area contributed by atoms with Crippen molar-refractivity contribution < 1.29 is 19.5 Å². The zero-order chi connectivity index (χ0) is 23.1. The Hall–Kier alpha value is -2.75. The molecular weight excluding hydrogens is 446 g/mol. The number of ketones is 1. The average molecular weight is 472 g/mol. The van der Waals surface area contributed by atoms with Gasteiger partial charge in [-0.15, -0.1) is 11.3 Å². The van der Waals surface area contributed by atoms with Gasteiger partial charge in [0.15, 0.2) is 5.78 Å². The first kappa shape index (κ1) is 23.9. The fourth-order valence-corrected chi connectivity index (χ4v) is 5.15. The van der Waals surface area contributed by atoms with E-state index >= 15 is 0 Å². The number of Topliss-reactive ketones (excluding diaryl/α,β-unsaturated/α-hetero) is 1. The van der Waals surface area contributed by atoms with Gasteiger partial charge in [-0.25, -0.2) is 4.98 Å². The van der Waals surface area contributed by atoms with E-state index in [1.54, 1.807) is 36.1 Å². The van der Waals surface area contributed by atoms with Gasteiger partial charge in [0.25, 0.3) is 0 Å². The van der Waals surface area contributed by atoms with E-state index in [2.05, 4.69) is 10.3 Å². The molecule has 0 radical (unpaired) electrons. The van der Waals surface area contributed by atoms with Crippen molar-refractivity contribution in [3.8, 4) is 0 Å². The second kappa shape index (κ2) is 10.7. The van der Waals surface area contributed by atoms with Crippen molar-refractivity contribution in [3.05, 3.63) is 76.8 Å². The Bertz CT molecular complexity index is 1010. The van der Waals surface area contributed by atoms with E-state index in [0.29, 0.717) is 5.01 Å². The zero-order valence-electron chi connectivity index (χ0n) is 17.5. The Morgan fingerprint density at radius 3 is 2.66 bits per heavy atom. The van der Waals surface area contributed by atoms with Crippen LogP contribution in [-0.4, -0.2) is 45.3 Å². The first-order chi connectivity index (χ1) is 15.4. The molecule has 1 aromatic carbocycles. The molecule has 1 aromatic heterocycles. The molecule has 4 N–H and O–H groups in total. The van der Waals surface area contributed by atoms with Crippen LogP contribution in [0.15, 0.2) is 66.2 Å². The number of hydrogen-bond acceptors (Lipinski definition) is 7. The molecule has 9 heteroatoms. The number of aromatic nitrogens is 1. The fourth-order valence-electron chi connectivity index (χ4n) is 3.75. The Balaban J connectivity index is 1.97. The van der Waals surface area contributed by atoms with Crippen LogP contribution in [0.1, 0.15) is 17.0 Å². The number of carbonyl (C=O) groups excluding carboxylic acids is 2. The predicted octanol–water partition coefficient (Wildman–Crippen LogP) is 2.54. The molecule has 0 saturated heterocycles. The summed E-state index contributed by atoms with van der Waals surface area (Å²) < 4.78 is 0. The van der Waals surface area contributed by atoms with Crippen LogP contribution in [0.4, 0.5) is 0 Å². The molecule has 0 saturated carbocycles. The minimum Gasteiger partial charge on any atom is -0.480 e. The van der Waals surface area contributed by atoms with Gasteiger partial charge in [-0.2, -0.15) is 11.8 Å². The summed E-state index contributed by atoms with van der Waals surface area (Å²) in [5, 5.41) is 14.1. The van der Waals surface area contributed by atoms with Gasteiger partial charge in [0.2, 0.25) is 5.91 Å². The molecule has 32 heavy (non-hydrogen) atoms. The molecule has 2 aromatic rings. The summed E-state index contributed by atoms with van der Waals surface area (Å²) in [6.45, 7) is 0. The van der Waals surface area contributed by atoms with Crippen molar-refractivity contribution >= 4 is 40.8 Å². The van der Waals surface area contributed by atoms with Gasteiger partial charge in [-0.1, -0.05) is 54.6 Å². The smallest absolute Gasteiger partial charge is 0.320 e. The molecule has 0 spiro atoms. The molecule has 168 valence electrons. The lowest BCUT2D eigenvalue weighted by molar-refractivity contribution is -0.138. The Labute approximate surface area is 194 Å². The molecule has 4 unspecified atom stereocenters. The molecule has 1 aliphatic rings. The molecule has 1 aliphatic carbocycles. The van der Waals surface area contributed by atoms with Crippen LogP contribution >= 0.6 is 23.1 Å². The number of carboxylic acid groups (broad SMARTS) is 1. The largest absolute Gasteiger partial charge is 0.480 e. The van der Waals surface area contributed by atoms with E-state index in [4.69, 9.17) is 5.73 Å². The highest BCUT2D eigenvalue weighted by Crippen LogP contribution is 2.38. The van der Waals surface area contributed by atoms with Crippen molar-refractivity contribution in [2.24, 2.45) is 11.7 Å². The molecule has 0 bridgehead atoms. The number of thioether (sulfide) groups is 1. The minimum absolute atomic E-state index is 0.00131. The van der Waals surface area contributed by atoms with Crippen LogP contribution in [0.25, 0.3) is 0 Å². The topological polar surface area (TPSA) is 122 Å². The van der Waals surface area contributed by atoms with Crippen LogP contribution in [0.5, 0.6) is 0 Å². The maximum atomic E-state index is 13.7. The third kappa shape index (κ3) is 5.35. The Morgan fingerprint density at radius 1 is 1.28 bits per heavy atom. The average Bonchev–Trinajstić information content (AvgIpc) is 3.30. The molecule has 3 rings (SSSR count). The lowest BCUT2D eigenvalue weighted by Crippen LogP contribution is -2.54. The summed E-state index contributed by atoms with van der Waals surface area (Å²) in [5.74, 6) is -2.33. The van der Waals surface area contributed by atoms with Crippen molar-refractivity contribution in [2.75, 3.05) is 6.26 Å². The first-order valence-electron chi connectivity index (χ1n) is 10.0. The van der Waals surface area contributed by atoms with Crippen molar-refractivity contribution in [2.45, 2.75) is 29.7 Å². The number of benzene rings is 1. The van der Waals surface area contributed by atoms with Gasteiger partial charge in [-0.3, -0.25) is 14.4 Å². The number of nitrogens with zero attached hydrogens (tertiary/aromatic N) is 1. The summed E-state index contributed by atoms with van der Waals surface area (Å²) >= 11 is 2.65. The number of hydrogen-bond donors (Lipinski definition) is 3. The second-order valence-corrected chi connectivity index (χ2v) is 9.43. The van der Waals surface area contributed by atoms with Gasteiger partial charge in [0.1, 0.15) is 11.0 Å². The van der Waals surface area contributed by atoms with Gasteiger partial charge in [0, 0.05) is 11.6 Å². The molecule has 4 atom stereocenters. The fraction of sp³-hybridized carbons (Fsp3) is 0.304. The second-order valence-electron chi connectivity index (χ2n) is 7.41. The van der Waals surface area contributed by atoms with E-state index < -0.39 is 28.7 Å². The third-order valence-electron chi connectivity index (χ3n) is 5.35. The normalized spacial score (nSPS) is 21.6. The van der Waals surface area contributed by atoms with Crippen molar-refractivity contribution in [1.82, 2.24) is 10.3 Å². The van der Waals surface area contributed by atoms with E-state index in [-0.39, 0.29) is 24.5 Å². The summed E-state index contributed by atoms with van der Waals surface area (Å²) in [5.41, 5.74) is 5.37. The van der Waals surface area contributed by atoms with Crippen LogP contribution in [0.2, 0.25) is 0 Å². The van der Waals surface area contributed by atoms with Gasteiger partial charge in [0.05, 0.1) is 23.1 Å². The minimum atomic E-state index is -1.15. The van der Waals surface area contributed by atoms with Crippen molar-refractivity contribution in [1.29, 1.82) is 0 Å². The van der Waals surface area contributed by atoms with Crippen LogP contribution in [-0.2, 0) is 26.3 Å². The number of amides is 1. The SMILES string of the molecule is CSC(CC(N)C(=O)O)C(=O)C1C=CC=CC1(NC(=O)Cc1nccs1)c1ccccc1. The molecule has 1 heterocycles. The number of carboxylic acids is 1. The maximum Gasteiger partial charge on any atom is 0.320 e. The number of aliphatic carboxylic acids is 1.